The van der Waals surface area contributed by atoms with Crippen LogP contribution in [0.1, 0.15) is 12.0 Å². The summed E-state index contributed by atoms with van der Waals surface area (Å²) in [5, 5.41) is 8.85. The molecule has 0 saturated carbocycles. The molecular formula is C20H21BrN2O7S2. The maximum atomic E-state index is 12.6. The van der Waals surface area contributed by atoms with E-state index < -0.39 is 5.97 Å². The standard InChI is InChI=1S/C20H21BrN2O7S2/c1-28-14-9-12(10-15-19(27)23(20(31)32-15)3-2-17(25)26)8-13(21)18(14)30-11-16(24)22-4-6-29-7-5-22/h8-10H,2-7,11H2,1H3,(H,25,26)/b15-10-. The zero-order chi connectivity index (χ0) is 23.3. The molecule has 1 aromatic rings. The molecule has 2 saturated heterocycles. The number of carboxylic acids is 1. The first kappa shape index (κ1) is 24.5. The van der Waals surface area contributed by atoms with Crippen molar-refractivity contribution in [3.05, 3.63) is 27.1 Å². The highest BCUT2D eigenvalue weighted by Gasteiger charge is 2.32. The van der Waals surface area contributed by atoms with Gasteiger partial charge in [0.05, 0.1) is 36.1 Å². The van der Waals surface area contributed by atoms with Crippen LogP contribution in [0.4, 0.5) is 0 Å². The van der Waals surface area contributed by atoms with Crippen molar-refractivity contribution in [3.8, 4) is 11.5 Å². The van der Waals surface area contributed by atoms with Crippen molar-refractivity contribution < 1.29 is 33.7 Å². The number of thiocarbonyl (C=S) groups is 1. The summed E-state index contributed by atoms with van der Waals surface area (Å²) >= 11 is 9.76. The van der Waals surface area contributed by atoms with Crippen LogP contribution < -0.4 is 9.47 Å². The van der Waals surface area contributed by atoms with Crippen molar-refractivity contribution in [1.82, 2.24) is 9.80 Å². The van der Waals surface area contributed by atoms with Gasteiger partial charge in [-0.25, -0.2) is 0 Å². The number of methoxy groups -OCH3 is 1. The molecule has 1 N–H and O–H groups in total. The highest BCUT2D eigenvalue weighted by atomic mass is 79.9. The lowest BCUT2D eigenvalue weighted by Gasteiger charge is -2.27. The number of nitrogens with zero attached hydrogens (tertiary/aromatic N) is 2. The average molecular weight is 545 g/mol. The van der Waals surface area contributed by atoms with E-state index in [0.717, 1.165) is 11.8 Å². The average Bonchev–Trinajstić information content (AvgIpc) is 3.03. The van der Waals surface area contributed by atoms with Crippen molar-refractivity contribution in [2.45, 2.75) is 6.42 Å². The summed E-state index contributed by atoms with van der Waals surface area (Å²) in [6.45, 7) is 1.96. The SMILES string of the molecule is COc1cc(/C=C2\SC(=S)N(CCC(=O)O)C2=O)cc(Br)c1OCC(=O)N1CCOCC1. The van der Waals surface area contributed by atoms with E-state index in [-0.39, 0.29) is 31.4 Å². The normalized spacial score (nSPS) is 17.8. The molecule has 1 aromatic carbocycles. The number of amides is 2. The largest absolute Gasteiger partial charge is 0.493 e. The summed E-state index contributed by atoms with van der Waals surface area (Å²) in [4.78, 5) is 39.1. The van der Waals surface area contributed by atoms with Crippen LogP contribution in [0.2, 0.25) is 0 Å². The Morgan fingerprint density at radius 1 is 1.34 bits per heavy atom. The van der Waals surface area contributed by atoms with Gasteiger partial charge in [0, 0.05) is 19.6 Å². The Kier molecular flexibility index (Phi) is 8.51. The van der Waals surface area contributed by atoms with Crippen molar-refractivity contribution >= 4 is 68.1 Å². The van der Waals surface area contributed by atoms with E-state index in [2.05, 4.69) is 15.9 Å². The van der Waals surface area contributed by atoms with Gasteiger partial charge in [0.15, 0.2) is 18.1 Å². The van der Waals surface area contributed by atoms with Gasteiger partial charge >= 0.3 is 5.97 Å². The fraction of sp³-hybridized carbons (Fsp3) is 0.400. The monoisotopic (exact) mass is 544 g/mol. The summed E-state index contributed by atoms with van der Waals surface area (Å²) in [6.07, 6.45) is 1.46. The van der Waals surface area contributed by atoms with Crippen LogP contribution in [0.15, 0.2) is 21.5 Å². The highest BCUT2D eigenvalue weighted by Crippen LogP contribution is 2.39. The third-order valence-electron chi connectivity index (χ3n) is 4.68. The molecule has 172 valence electrons. The summed E-state index contributed by atoms with van der Waals surface area (Å²) in [6, 6.07) is 3.42. The van der Waals surface area contributed by atoms with Crippen molar-refractivity contribution in [2.24, 2.45) is 0 Å². The number of thioether (sulfide) groups is 1. The number of morpholine rings is 1. The predicted octanol–water partition coefficient (Wildman–Crippen LogP) is 2.37. The smallest absolute Gasteiger partial charge is 0.305 e. The first-order valence-corrected chi connectivity index (χ1v) is 11.6. The van der Waals surface area contributed by atoms with Gasteiger partial charge in [-0.3, -0.25) is 19.3 Å². The number of rotatable bonds is 8. The molecule has 3 rings (SSSR count). The van der Waals surface area contributed by atoms with Gasteiger partial charge in [0.1, 0.15) is 4.32 Å². The third kappa shape index (κ3) is 6.00. The number of carboxylic acid groups (broad SMARTS) is 1. The second-order valence-corrected chi connectivity index (χ2v) is 9.32. The van der Waals surface area contributed by atoms with Gasteiger partial charge in [-0.15, -0.1) is 0 Å². The van der Waals surface area contributed by atoms with Gasteiger partial charge in [0.25, 0.3) is 11.8 Å². The number of carbonyl (C=O) groups excluding carboxylic acids is 2. The zero-order valence-electron chi connectivity index (χ0n) is 17.2. The van der Waals surface area contributed by atoms with E-state index in [0.29, 0.717) is 57.1 Å². The Bertz CT molecular complexity index is 964. The molecular weight excluding hydrogens is 524 g/mol. The molecule has 32 heavy (non-hydrogen) atoms. The van der Waals surface area contributed by atoms with Crippen LogP contribution in [0.25, 0.3) is 6.08 Å². The van der Waals surface area contributed by atoms with E-state index >= 15 is 0 Å². The molecule has 2 aliphatic rings. The number of hydrogen-bond donors (Lipinski definition) is 1. The fourth-order valence-corrected chi connectivity index (χ4v) is 4.94. The molecule has 0 bridgehead atoms. The second-order valence-electron chi connectivity index (χ2n) is 6.79. The van der Waals surface area contributed by atoms with Gasteiger partial charge in [-0.2, -0.15) is 0 Å². The molecule has 0 aliphatic carbocycles. The summed E-state index contributed by atoms with van der Waals surface area (Å²) in [5.41, 5.74) is 0.652. The maximum Gasteiger partial charge on any atom is 0.305 e. The molecule has 0 aromatic heterocycles. The molecule has 0 unspecified atom stereocenters. The number of hydrogen-bond acceptors (Lipinski definition) is 8. The second kappa shape index (κ2) is 11.1. The number of benzene rings is 1. The van der Waals surface area contributed by atoms with Crippen LogP contribution >= 0.6 is 39.9 Å². The Hall–Kier alpha value is -2.15. The predicted molar refractivity (Wildman–Crippen MR) is 126 cm³/mol. The lowest BCUT2D eigenvalue weighted by molar-refractivity contribution is -0.138. The summed E-state index contributed by atoms with van der Waals surface area (Å²) in [5.74, 6) is -0.717. The van der Waals surface area contributed by atoms with Crippen LogP contribution in [0.3, 0.4) is 0 Å². The minimum Gasteiger partial charge on any atom is -0.493 e. The van der Waals surface area contributed by atoms with E-state index in [1.807, 2.05) is 0 Å². The Balaban J connectivity index is 1.73. The third-order valence-corrected chi connectivity index (χ3v) is 6.64. The van der Waals surface area contributed by atoms with Crippen LogP contribution in [-0.2, 0) is 19.1 Å². The van der Waals surface area contributed by atoms with Gasteiger partial charge in [-0.05, 0) is 39.7 Å². The molecule has 0 atom stereocenters. The quantitative estimate of drug-likeness (QED) is 0.390. The van der Waals surface area contributed by atoms with E-state index in [9.17, 15) is 14.4 Å². The fourth-order valence-electron chi connectivity index (χ4n) is 3.05. The maximum absolute atomic E-state index is 12.6. The van der Waals surface area contributed by atoms with E-state index in [4.69, 9.17) is 31.5 Å². The minimum atomic E-state index is -1.00. The van der Waals surface area contributed by atoms with Crippen LogP contribution in [0.5, 0.6) is 11.5 Å². The molecule has 2 heterocycles. The summed E-state index contributed by atoms with van der Waals surface area (Å²) in [7, 11) is 1.48. The lowest BCUT2D eigenvalue weighted by atomic mass is 10.2. The topological polar surface area (TPSA) is 106 Å². The van der Waals surface area contributed by atoms with Crippen LogP contribution in [0, 0.1) is 0 Å². The van der Waals surface area contributed by atoms with Gasteiger partial charge < -0.3 is 24.2 Å². The van der Waals surface area contributed by atoms with Crippen molar-refractivity contribution in [2.75, 3.05) is 46.6 Å². The van der Waals surface area contributed by atoms with E-state index in [1.165, 1.54) is 12.0 Å². The van der Waals surface area contributed by atoms with Crippen LogP contribution in [-0.4, -0.2) is 83.6 Å². The molecule has 0 radical (unpaired) electrons. The first-order valence-electron chi connectivity index (χ1n) is 9.63. The number of carbonyl (C=O) groups is 3. The lowest BCUT2D eigenvalue weighted by Crippen LogP contribution is -2.43. The first-order chi connectivity index (χ1) is 15.3. The minimum absolute atomic E-state index is 0.0221. The molecule has 9 nitrogen and oxygen atoms in total. The number of ether oxygens (including phenoxy) is 3. The Labute approximate surface area is 202 Å². The summed E-state index contributed by atoms with van der Waals surface area (Å²) < 4.78 is 17.3. The molecule has 2 amide bonds. The molecule has 12 heteroatoms. The van der Waals surface area contributed by atoms with Gasteiger partial charge in [-0.1, -0.05) is 24.0 Å². The number of halogens is 1. The molecule has 0 spiro atoms. The molecule has 2 aliphatic heterocycles. The van der Waals surface area contributed by atoms with Crippen molar-refractivity contribution in [1.29, 1.82) is 0 Å². The van der Waals surface area contributed by atoms with Gasteiger partial charge in [0.2, 0.25) is 0 Å². The molecule has 2 fully saturated rings. The Morgan fingerprint density at radius 3 is 2.72 bits per heavy atom. The highest BCUT2D eigenvalue weighted by molar-refractivity contribution is 9.10. The van der Waals surface area contributed by atoms with E-state index in [1.54, 1.807) is 23.1 Å². The zero-order valence-corrected chi connectivity index (χ0v) is 20.4. The number of aliphatic carboxylic acids is 1. The van der Waals surface area contributed by atoms with Crippen molar-refractivity contribution in [3.63, 3.8) is 0 Å². The Morgan fingerprint density at radius 2 is 2.06 bits per heavy atom.